The third-order valence-electron chi connectivity index (χ3n) is 8.01. The zero-order valence-electron chi connectivity index (χ0n) is 20.2. The van der Waals surface area contributed by atoms with Crippen LogP contribution in [0.25, 0.3) is 0 Å². The minimum absolute atomic E-state index is 0.0568. The summed E-state index contributed by atoms with van der Waals surface area (Å²) in [6.07, 6.45) is 9.79. The molecule has 6 rings (SSSR count). The van der Waals surface area contributed by atoms with Crippen LogP contribution in [0.1, 0.15) is 63.2 Å². The highest BCUT2D eigenvalue weighted by Crippen LogP contribution is 2.55. The van der Waals surface area contributed by atoms with Crippen LogP contribution in [0, 0.1) is 17.8 Å². The molecule has 4 bridgehead atoms. The molecule has 34 heavy (non-hydrogen) atoms. The highest BCUT2D eigenvalue weighted by Gasteiger charge is 2.51. The molecule has 0 saturated heterocycles. The van der Waals surface area contributed by atoms with E-state index in [1.807, 2.05) is 42.5 Å². The van der Waals surface area contributed by atoms with Gasteiger partial charge in [0.15, 0.2) is 0 Å². The van der Waals surface area contributed by atoms with E-state index in [0.717, 1.165) is 54.8 Å². The second kappa shape index (κ2) is 9.85. The van der Waals surface area contributed by atoms with Gasteiger partial charge in [0.05, 0.1) is 12.8 Å². The van der Waals surface area contributed by atoms with E-state index in [4.69, 9.17) is 4.42 Å². The summed E-state index contributed by atoms with van der Waals surface area (Å²) in [5.74, 6) is 2.98. The molecule has 0 aliphatic heterocycles. The molecule has 1 N–H and O–H groups in total. The summed E-state index contributed by atoms with van der Waals surface area (Å²) in [7, 11) is 0. The lowest BCUT2D eigenvalue weighted by molar-refractivity contribution is -0.133. The fourth-order valence-corrected chi connectivity index (χ4v) is 6.98. The van der Waals surface area contributed by atoms with E-state index in [1.165, 1.54) is 19.3 Å². The fourth-order valence-electron chi connectivity index (χ4n) is 6.98. The maximum absolute atomic E-state index is 13.5. The molecule has 3 amide bonds. The molecule has 0 radical (unpaired) electrons. The molecule has 4 aliphatic carbocycles. The van der Waals surface area contributed by atoms with Crippen LogP contribution in [-0.4, -0.2) is 40.4 Å². The third-order valence-corrected chi connectivity index (χ3v) is 8.01. The largest absolute Gasteiger partial charge is 0.467 e. The molecule has 182 valence electrons. The fraction of sp³-hybridized carbons (Fsp3) is 0.571. The zero-order valence-corrected chi connectivity index (χ0v) is 20.2. The van der Waals surface area contributed by atoms with E-state index >= 15 is 0 Å². The third kappa shape index (κ3) is 5.16. The Labute approximate surface area is 202 Å². The molecule has 1 aromatic heterocycles. The van der Waals surface area contributed by atoms with Gasteiger partial charge in [0.2, 0.25) is 5.91 Å². The minimum Gasteiger partial charge on any atom is -0.467 e. The van der Waals surface area contributed by atoms with Crippen LogP contribution in [-0.2, 0) is 17.9 Å². The molecule has 4 aliphatic rings. The Balaban J connectivity index is 1.27. The number of rotatable bonds is 9. The molecule has 0 unspecified atom stereocenters. The molecule has 1 heterocycles. The lowest BCUT2D eigenvalue weighted by atomic mass is 9.53. The van der Waals surface area contributed by atoms with Crippen LogP contribution in [0.5, 0.6) is 0 Å². The topological polar surface area (TPSA) is 65.8 Å². The highest BCUT2D eigenvalue weighted by atomic mass is 16.3. The Morgan fingerprint density at radius 2 is 1.62 bits per heavy atom. The lowest BCUT2D eigenvalue weighted by Gasteiger charge is -2.57. The van der Waals surface area contributed by atoms with Crippen LogP contribution in [0.2, 0.25) is 0 Å². The minimum atomic E-state index is -0.0743. The van der Waals surface area contributed by atoms with Crippen LogP contribution in [0.15, 0.2) is 53.1 Å². The Morgan fingerprint density at radius 3 is 2.21 bits per heavy atom. The van der Waals surface area contributed by atoms with Gasteiger partial charge < -0.3 is 19.5 Å². The van der Waals surface area contributed by atoms with Gasteiger partial charge in [-0.15, -0.1) is 0 Å². The Hall–Kier alpha value is -2.76. The first-order chi connectivity index (χ1) is 16.5. The SMILES string of the molecule is CCCN(CC(=O)N(Cc1ccccc1)Cc1ccco1)C(=O)NC12CC3CC(CC(C3)C1)C2. The number of urea groups is 1. The van der Waals surface area contributed by atoms with Crippen molar-refractivity contribution in [3.63, 3.8) is 0 Å². The summed E-state index contributed by atoms with van der Waals surface area (Å²) in [6.45, 7) is 3.58. The summed E-state index contributed by atoms with van der Waals surface area (Å²) < 4.78 is 5.52. The van der Waals surface area contributed by atoms with E-state index in [9.17, 15) is 9.59 Å². The molecule has 6 nitrogen and oxygen atoms in total. The number of carbonyl (C=O) groups excluding carboxylic acids is 2. The second-order valence-electron chi connectivity index (χ2n) is 10.9. The van der Waals surface area contributed by atoms with E-state index in [0.29, 0.717) is 19.6 Å². The molecule has 4 saturated carbocycles. The lowest BCUT2D eigenvalue weighted by Crippen LogP contribution is -2.62. The number of hydrogen-bond donors (Lipinski definition) is 1. The van der Waals surface area contributed by atoms with Gasteiger partial charge in [-0.2, -0.15) is 0 Å². The molecular weight excluding hydrogens is 426 g/mol. The van der Waals surface area contributed by atoms with Crippen molar-refractivity contribution in [2.24, 2.45) is 17.8 Å². The average molecular weight is 464 g/mol. The number of amides is 3. The van der Waals surface area contributed by atoms with Crippen LogP contribution >= 0.6 is 0 Å². The van der Waals surface area contributed by atoms with Gasteiger partial charge in [-0.1, -0.05) is 37.3 Å². The van der Waals surface area contributed by atoms with Crippen molar-refractivity contribution < 1.29 is 14.0 Å². The Morgan fingerprint density at radius 1 is 0.941 bits per heavy atom. The van der Waals surface area contributed by atoms with E-state index in [1.54, 1.807) is 16.1 Å². The summed E-state index contributed by atoms with van der Waals surface area (Å²) in [6, 6.07) is 13.6. The Kier molecular flexibility index (Phi) is 6.66. The number of carbonyl (C=O) groups is 2. The molecule has 0 spiro atoms. The summed E-state index contributed by atoms with van der Waals surface area (Å²) in [5.41, 5.74) is 1.00. The molecule has 6 heteroatoms. The smallest absolute Gasteiger partial charge is 0.318 e. The highest BCUT2D eigenvalue weighted by molar-refractivity contribution is 5.84. The first kappa shape index (κ1) is 23.0. The van der Waals surface area contributed by atoms with Gasteiger partial charge in [0.1, 0.15) is 12.3 Å². The van der Waals surface area contributed by atoms with E-state index in [-0.39, 0.29) is 24.0 Å². The van der Waals surface area contributed by atoms with Gasteiger partial charge in [-0.3, -0.25) is 4.79 Å². The first-order valence-electron chi connectivity index (χ1n) is 12.9. The van der Waals surface area contributed by atoms with E-state index < -0.39 is 0 Å². The number of nitrogens with zero attached hydrogens (tertiary/aromatic N) is 2. The number of nitrogens with one attached hydrogen (secondary N) is 1. The monoisotopic (exact) mass is 463 g/mol. The zero-order chi connectivity index (χ0) is 23.5. The predicted octanol–water partition coefficient (Wildman–Crippen LogP) is 5.20. The van der Waals surface area contributed by atoms with Crippen molar-refractivity contribution in [3.05, 3.63) is 60.1 Å². The number of hydrogen-bond acceptors (Lipinski definition) is 3. The number of benzene rings is 1. The van der Waals surface area contributed by atoms with Gasteiger partial charge >= 0.3 is 6.03 Å². The maximum Gasteiger partial charge on any atom is 0.318 e. The van der Waals surface area contributed by atoms with Crippen LogP contribution in [0.4, 0.5) is 4.79 Å². The standard InChI is InChI=1S/C28H37N3O3/c1-2-10-30(27(33)29-28-15-22-12-23(16-28)14-24(13-22)17-28)20-26(32)31(19-25-9-6-11-34-25)18-21-7-4-3-5-8-21/h3-9,11,22-24H,2,10,12-20H2,1H3,(H,29,33). The van der Waals surface area contributed by atoms with Crippen molar-refractivity contribution in [2.45, 2.75) is 70.5 Å². The van der Waals surface area contributed by atoms with Crippen molar-refractivity contribution in [1.29, 1.82) is 0 Å². The molecule has 2 aromatic rings. The summed E-state index contributed by atoms with van der Waals surface area (Å²) in [5, 5.41) is 3.45. The molecule has 4 fully saturated rings. The van der Waals surface area contributed by atoms with Gasteiger partial charge in [-0.25, -0.2) is 4.79 Å². The molecular formula is C28H37N3O3. The maximum atomic E-state index is 13.5. The second-order valence-corrected chi connectivity index (χ2v) is 10.9. The van der Waals surface area contributed by atoms with Crippen LogP contribution in [0.3, 0.4) is 0 Å². The summed E-state index contributed by atoms with van der Waals surface area (Å²) >= 11 is 0. The Bertz CT molecular complexity index is 937. The van der Waals surface area contributed by atoms with Gasteiger partial charge in [0.25, 0.3) is 0 Å². The van der Waals surface area contributed by atoms with Crippen molar-refractivity contribution in [1.82, 2.24) is 15.1 Å². The number of furan rings is 1. The first-order valence-corrected chi connectivity index (χ1v) is 12.9. The molecule has 1 aromatic carbocycles. The summed E-state index contributed by atoms with van der Waals surface area (Å²) in [4.78, 5) is 30.5. The van der Waals surface area contributed by atoms with Gasteiger partial charge in [0, 0.05) is 18.6 Å². The van der Waals surface area contributed by atoms with Crippen molar-refractivity contribution >= 4 is 11.9 Å². The van der Waals surface area contributed by atoms with Crippen molar-refractivity contribution in [3.8, 4) is 0 Å². The quantitative estimate of drug-likeness (QED) is 0.556. The predicted molar refractivity (Wildman–Crippen MR) is 131 cm³/mol. The molecule has 0 atom stereocenters. The van der Waals surface area contributed by atoms with E-state index in [2.05, 4.69) is 12.2 Å². The van der Waals surface area contributed by atoms with Crippen molar-refractivity contribution in [2.75, 3.05) is 13.1 Å². The average Bonchev–Trinajstić information content (AvgIpc) is 3.31. The van der Waals surface area contributed by atoms with Crippen LogP contribution < -0.4 is 5.32 Å². The van der Waals surface area contributed by atoms with Gasteiger partial charge in [-0.05, 0) is 80.4 Å². The normalized spacial score (nSPS) is 26.9.